The number of hydrogen-bond donors (Lipinski definition) is 2. The van der Waals surface area contributed by atoms with Gasteiger partial charge in [-0.15, -0.1) is 0 Å². The summed E-state index contributed by atoms with van der Waals surface area (Å²) in [5.74, 6) is -1.40. The fraction of sp³-hybridized carbons (Fsp3) is 0.571. The molecule has 5 nitrogen and oxygen atoms in total. The average Bonchev–Trinajstić information content (AvgIpc) is 2.63. The highest BCUT2D eigenvalue weighted by atomic mass is 16.2. The summed E-state index contributed by atoms with van der Waals surface area (Å²) >= 11 is 0. The van der Waals surface area contributed by atoms with Crippen LogP contribution in [0.15, 0.2) is 29.4 Å². The van der Waals surface area contributed by atoms with Gasteiger partial charge in [0.15, 0.2) is 0 Å². The molecule has 2 N–H and O–H groups in total. The molecule has 142 valence electrons. The average molecular weight is 357 g/mol. The highest BCUT2D eigenvalue weighted by Gasteiger charge is 2.14. The van der Waals surface area contributed by atoms with Crippen LogP contribution in [0.4, 0.5) is 5.69 Å². The summed E-state index contributed by atoms with van der Waals surface area (Å²) < 4.78 is 0. The van der Waals surface area contributed by atoms with Gasteiger partial charge in [-0.2, -0.15) is 5.10 Å². The van der Waals surface area contributed by atoms with Gasteiger partial charge in [0.1, 0.15) is 0 Å². The lowest BCUT2D eigenvalue weighted by Gasteiger charge is -2.10. The third kappa shape index (κ3) is 7.38. The van der Waals surface area contributed by atoms with Gasteiger partial charge in [-0.3, -0.25) is 9.59 Å². The van der Waals surface area contributed by atoms with Crippen molar-refractivity contribution in [2.24, 2.45) is 5.10 Å². The lowest BCUT2D eigenvalue weighted by atomic mass is 10.00. The number of nitrogens with zero attached hydrogens (tertiary/aromatic N) is 1. The zero-order valence-electron chi connectivity index (χ0n) is 15.9. The van der Waals surface area contributed by atoms with Gasteiger partial charge in [-0.1, -0.05) is 63.1 Å². The first kappa shape index (κ1) is 20.1. The summed E-state index contributed by atoms with van der Waals surface area (Å²) in [5, 5.41) is 6.89. The van der Waals surface area contributed by atoms with Gasteiger partial charge >= 0.3 is 11.8 Å². The number of carbonyl (C=O) groups is 2. The van der Waals surface area contributed by atoms with Crippen LogP contribution in [0.3, 0.4) is 0 Å². The van der Waals surface area contributed by atoms with Crippen molar-refractivity contribution in [1.82, 2.24) is 5.43 Å². The minimum Gasteiger partial charge on any atom is -0.317 e. The minimum atomic E-state index is -0.716. The predicted molar refractivity (Wildman–Crippen MR) is 106 cm³/mol. The predicted octanol–water partition coefficient (Wildman–Crippen LogP) is 4.71. The Hall–Kier alpha value is -2.17. The minimum absolute atomic E-state index is 0.645. The molecular weight excluding hydrogens is 326 g/mol. The molecule has 0 bridgehead atoms. The molecule has 2 rings (SSSR count). The lowest BCUT2D eigenvalue weighted by Crippen LogP contribution is -2.33. The van der Waals surface area contributed by atoms with Crippen LogP contribution in [0.5, 0.6) is 0 Å². The van der Waals surface area contributed by atoms with Crippen LogP contribution >= 0.6 is 0 Å². The normalized spacial score (nSPS) is 16.7. The molecule has 0 spiro atoms. The van der Waals surface area contributed by atoms with Gasteiger partial charge in [0, 0.05) is 11.4 Å². The van der Waals surface area contributed by atoms with E-state index in [1.54, 1.807) is 6.07 Å². The molecule has 5 heteroatoms. The van der Waals surface area contributed by atoms with Crippen molar-refractivity contribution in [2.75, 3.05) is 5.32 Å². The van der Waals surface area contributed by atoms with E-state index in [2.05, 4.69) is 15.8 Å². The number of aryl methyl sites for hydroxylation is 1. The number of benzene rings is 1. The van der Waals surface area contributed by atoms with E-state index in [-0.39, 0.29) is 0 Å². The van der Waals surface area contributed by atoms with Gasteiger partial charge in [0.25, 0.3) is 0 Å². The van der Waals surface area contributed by atoms with Crippen molar-refractivity contribution in [1.29, 1.82) is 0 Å². The summed E-state index contributed by atoms with van der Waals surface area (Å²) in [7, 11) is 0. The van der Waals surface area contributed by atoms with E-state index in [0.717, 1.165) is 37.0 Å². The Morgan fingerprint density at radius 2 is 1.35 bits per heavy atom. The first-order valence-electron chi connectivity index (χ1n) is 9.89. The van der Waals surface area contributed by atoms with Gasteiger partial charge in [-0.05, 0) is 44.2 Å². The van der Waals surface area contributed by atoms with Crippen LogP contribution in [0.2, 0.25) is 0 Å². The summed E-state index contributed by atoms with van der Waals surface area (Å²) in [6.45, 7) is 1.89. The van der Waals surface area contributed by atoms with E-state index in [1.165, 1.54) is 44.9 Å². The number of amides is 2. The van der Waals surface area contributed by atoms with Crippen molar-refractivity contribution in [3.8, 4) is 0 Å². The molecular formula is C21H31N3O2. The van der Waals surface area contributed by atoms with Crippen LogP contribution in [0.1, 0.15) is 76.2 Å². The summed E-state index contributed by atoms with van der Waals surface area (Å²) in [4.78, 5) is 24.1. The van der Waals surface area contributed by atoms with Crippen LogP contribution in [0.25, 0.3) is 0 Å². The van der Waals surface area contributed by atoms with Crippen molar-refractivity contribution in [3.05, 3.63) is 29.8 Å². The first-order chi connectivity index (χ1) is 12.7. The molecule has 1 saturated carbocycles. The Morgan fingerprint density at radius 1 is 0.808 bits per heavy atom. The highest BCUT2D eigenvalue weighted by molar-refractivity contribution is 6.39. The van der Waals surface area contributed by atoms with E-state index >= 15 is 0 Å². The maximum atomic E-state index is 12.1. The maximum Gasteiger partial charge on any atom is 0.329 e. The maximum absolute atomic E-state index is 12.1. The quantitative estimate of drug-likeness (QED) is 0.594. The zero-order chi connectivity index (χ0) is 18.6. The zero-order valence-corrected chi connectivity index (χ0v) is 15.9. The molecule has 1 aromatic carbocycles. The number of rotatable bonds is 2. The number of hydrogen-bond acceptors (Lipinski definition) is 3. The van der Waals surface area contributed by atoms with Crippen LogP contribution in [-0.4, -0.2) is 17.5 Å². The number of carbonyl (C=O) groups excluding carboxylic acids is 2. The molecule has 26 heavy (non-hydrogen) atoms. The highest BCUT2D eigenvalue weighted by Crippen LogP contribution is 2.15. The third-order valence-corrected chi connectivity index (χ3v) is 4.85. The molecule has 0 saturated heterocycles. The standard InChI is InChI=1S/C21H31N3O2/c1-17-13-11-12-16-19(17)22-20(25)21(26)24-23-18-14-9-7-5-3-2-4-6-8-10-15-18/h11-13,16H,2-10,14-15H2,1H3,(H,22,25)(H,24,26). The summed E-state index contributed by atoms with van der Waals surface area (Å²) in [6.07, 6.45) is 13.0. The van der Waals surface area contributed by atoms with Gasteiger partial charge < -0.3 is 5.32 Å². The Balaban J connectivity index is 1.86. The van der Waals surface area contributed by atoms with Crippen LogP contribution in [0, 0.1) is 6.92 Å². The van der Waals surface area contributed by atoms with Crippen molar-refractivity contribution in [3.63, 3.8) is 0 Å². The molecule has 2 amide bonds. The van der Waals surface area contributed by atoms with Gasteiger partial charge in [0.2, 0.25) is 0 Å². The second-order valence-electron chi connectivity index (χ2n) is 7.07. The number of nitrogens with one attached hydrogen (secondary N) is 2. The SMILES string of the molecule is Cc1ccccc1NC(=O)C(=O)NN=C1CCCCCCCCCCC1. The van der Waals surface area contributed by atoms with Gasteiger partial charge in [-0.25, -0.2) is 5.43 Å². The van der Waals surface area contributed by atoms with Crippen LogP contribution < -0.4 is 10.7 Å². The molecule has 0 aliphatic heterocycles. The molecule has 1 aliphatic carbocycles. The van der Waals surface area contributed by atoms with Gasteiger partial charge in [0.05, 0.1) is 0 Å². The Kier molecular flexibility index (Phi) is 8.87. The molecule has 1 fully saturated rings. The summed E-state index contributed by atoms with van der Waals surface area (Å²) in [6, 6.07) is 7.38. The van der Waals surface area contributed by atoms with Crippen molar-refractivity contribution in [2.45, 2.75) is 77.6 Å². The lowest BCUT2D eigenvalue weighted by molar-refractivity contribution is -0.136. The van der Waals surface area contributed by atoms with Crippen LogP contribution in [-0.2, 0) is 9.59 Å². The van der Waals surface area contributed by atoms with E-state index < -0.39 is 11.8 Å². The van der Waals surface area contributed by atoms with Crippen molar-refractivity contribution < 1.29 is 9.59 Å². The molecule has 1 aromatic rings. The monoisotopic (exact) mass is 357 g/mol. The fourth-order valence-electron chi connectivity index (χ4n) is 3.21. The Morgan fingerprint density at radius 3 is 1.92 bits per heavy atom. The van der Waals surface area contributed by atoms with E-state index in [9.17, 15) is 9.59 Å². The van der Waals surface area contributed by atoms with E-state index in [0.29, 0.717) is 5.69 Å². The molecule has 0 radical (unpaired) electrons. The number of anilines is 1. The molecule has 0 atom stereocenters. The van der Waals surface area contributed by atoms with Crippen molar-refractivity contribution >= 4 is 23.2 Å². The number of para-hydroxylation sites is 1. The Labute approximate surface area is 156 Å². The molecule has 0 unspecified atom stereocenters. The summed E-state index contributed by atoms with van der Waals surface area (Å²) in [5.41, 5.74) is 5.00. The second kappa shape index (κ2) is 11.4. The number of hydrazone groups is 1. The molecule has 1 aliphatic rings. The largest absolute Gasteiger partial charge is 0.329 e. The Bertz CT molecular complexity index is 611. The third-order valence-electron chi connectivity index (χ3n) is 4.85. The van der Waals surface area contributed by atoms with E-state index in [4.69, 9.17) is 0 Å². The fourth-order valence-corrected chi connectivity index (χ4v) is 3.21. The topological polar surface area (TPSA) is 70.6 Å². The smallest absolute Gasteiger partial charge is 0.317 e. The second-order valence-corrected chi connectivity index (χ2v) is 7.07. The van der Waals surface area contributed by atoms with E-state index in [1.807, 2.05) is 25.1 Å². The molecule has 0 heterocycles. The first-order valence-corrected chi connectivity index (χ1v) is 9.89. The molecule has 0 aromatic heterocycles.